The third-order valence-corrected chi connectivity index (χ3v) is 5.28. The summed E-state index contributed by atoms with van der Waals surface area (Å²) in [6.45, 7) is 5.59. The fourth-order valence-corrected chi connectivity index (χ4v) is 4.27. The Balaban J connectivity index is 1.78. The highest BCUT2D eigenvalue weighted by molar-refractivity contribution is 5.11. The van der Waals surface area contributed by atoms with E-state index in [9.17, 15) is 0 Å². The number of fused-ring (bicyclic) bond motifs is 1. The van der Waals surface area contributed by atoms with Crippen LogP contribution in [-0.4, -0.2) is 67.3 Å². The third-order valence-electron chi connectivity index (χ3n) is 5.28. The first-order chi connectivity index (χ1) is 8.30. The smallest absolute Gasteiger partial charge is 0.0710 e. The van der Waals surface area contributed by atoms with Crippen molar-refractivity contribution in [2.45, 2.75) is 43.4 Å². The molecule has 3 rings (SSSR count). The van der Waals surface area contributed by atoms with E-state index in [-0.39, 0.29) is 5.54 Å². The van der Waals surface area contributed by atoms with Gasteiger partial charge in [0.25, 0.3) is 0 Å². The van der Waals surface area contributed by atoms with Crippen molar-refractivity contribution in [3.8, 4) is 0 Å². The maximum absolute atomic E-state index is 6.18. The summed E-state index contributed by atoms with van der Waals surface area (Å²) in [5, 5.41) is 0. The van der Waals surface area contributed by atoms with Gasteiger partial charge in [0.2, 0.25) is 0 Å². The Bertz CT molecular complexity index is 286. The van der Waals surface area contributed by atoms with Gasteiger partial charge in [-0.3, -0.25) is 9.80 Å². The highest BCUT2D eigenvalue weighted by atomic mass is 16.5. The number of likely N-dealkylation sites (tertiary alicyclic amines) is 1. The maximum atomic E-state index is 6.18. The molecule has 0 amide bonds. The standard InChI is InChI=1S/C13H25N3O/c1-17-11-4-7-16(9-11)13(10-14)5-8-15-6-2-3-12(13)15/h11-12H,2-10,14H2,1H3. The molecule has 0 aromatic heterocycles. The van der Waals surface area contributed by atoms with Crippen LogP contribution in [0.2, 0.25) is 0 Å². The van der Waals surface area contributed by atoms with Gasteiger partial charge in [-0.05, 0) is 32.2 Å². The van der Waals surface area contributed by atoms with Crippen LogP contribution >= 0.6 is 0 Å². The lowest BCUT2D eigenvalue weighted by Crippen LogP contribution is -2.59. The van der Waals surface area contributed by atoms with E-state index in [4.69, 9.17) is 10.5 Å². The largest absolute Gasteiger partial charge is 0.380 e. The summed E-state index contributed by atoms with van der Waals surface area (Å²) >= 11 is 0. The fourth-order valence-electron chi connectivity index (χ4n) is 4.27. The Kier molecular flexibility index (Phi) is 3.15. The summed E-state index contributed by atoms with van der Waals surface area (Å²) in [5.41, 5.74) is 6.44. The summed E-state index contributed by atoms with van der Waals surface area (Å²) in [7, 11) is 1.83. The van der Waals surface area contributed by atoms with E-state index in [0.717, 1.165) is 13.1 Å². The van der Waals surface area contributed by atoms with Gasteiger partial charge in [-0.2, -0.15) is 0 Å². The van der Waals surface area contributed by atoms with Crippen molar-refractivity contribution < 1.29 is 4.74 Å². The minimum absolute atomic E-state index is 0.254. The molecule has 0 saturated carbocycles. The number of nitrogens with zero attached hydrogens (tertiary/aromatic N) is 2. The van der Waals surface area contributed by atoms with Crippen LogP contribution < -0.4 is 5.73 Å². The SMILES string of the molecule is COC1CCN(C2(CN)CCN3CCCC32)C1. The maximum Gasteiger partial charge on any atom is 0.0710 e. The predicted octanol–water partition coefficient (Wildman–Crippen LogP) is 0.273. The van der Waals surface area contributed by atoms with Crippen molar-refractivity contribution in [3.05, 3.63) is 0 Å². The van der Waals surface area contributed by atoms with Crippen molar-refractivity contribution >= 4 is 0 Å². The Morgan fingerprint density at radius 3 is 2.88 bits per heavy atom. The van der Waals surface area contributed by atoms with Gasteiger partial charge in [0.1, 0.15) is 0 Å². The molecule has 3 unspecified atom stereocenters. The van der Waals surface area contributed by atoms with Crippen LogP contribution in [0.5, 0.6) is 0 Å². The van der Waals surface area contributed by atoms with E-state index >= 15 is 0 Å². The molecule has 3 atom stereocenters. The van der Waals surface area contributed by atoms with Crippen LogP contribution in [0.3, 0.4) is 0 Å². The number of nitrogens with two attached hydrogens (primary N) is 1. The van der Waals surface area contributed by atoms with Crippen molar-refractivity contribution in [1.29, 1.82) is 0 Å². The molecule has 3 saturated heterocycles. The lowest BCUT2D eigenvalue weighted by Gasteiger charge is -2.42. The zero-order valence-corrected chi connectivity index (χ0v) is 10.9. The number of hydrogen-bond donors (Lipinski definition) is 1. The summed E-state index contributed by atoms with van der Waals surface area (Å²) < 4.78 is 5.51. The molecule has 0 bridgehead atoms. The molecule has 0 spiro atoms. The van der Waals surface area contributed by atoms with Crippen LogP contribution in [0.15, 0.2) is 0 Å². The van der Waals surface area contributed by atoms with Gasteiger partial charge >= 0.3 is 0 Å². The van der Waals surface area contributed by atoms with Crippen molar-refractivity contribution in [1.82, 2.24) is 9.80 Å². The number of rotatable bonds is 3. The molecule has 0 aromatic carbocycles. The summed E-state index contributed by atoms with van der Waals surface area (Å²) in [6, 6.07) is 0.711. The van der Waals surface area contributed by atoms with E-state index in [1.165, 1.54) is 45.3 Å². The summed E-state index contributed by atoms with van der Waals surface area (Å²) in [6.07, 6.45) is 5.54. The van der Waals surface area contributed by atoms with Gasteiger partial charge in [0.05, 0.1) is 6.10 Å². The Morgan fingerprint density at radius 1 is 1.29 bits per heavy atom. The molecule has 4 heteroatoms. The van der Waals surface area contributed by atoms with E-state index < -0.39 is 0 Å². The molecule has 3 fully saturated rings. The second-order valence-electron chi connectivity index (χ2n) is 5.84. The first-order valence-corrected chi connectivity index (χ1v) is 7.02. The van der Waals surface area contributed by atoms with Crippen LogP contribution in [0.4, 0.5) is 0 Å². The van der Waals surface area contributed by atoms with E-state index in [1.807, 2.05) is 7.11 Å². The lowest BCUT2D eigenvalue weighted by molar-refractivity contribution is 0.0572. The predicted molar refractivity (Wildman–Crippen MR) is 68.0 cm³/mol. The van der Waals surface area contributed by atoms with Crippen molar-refractivity contribution in [2.75, 3.05) is 39.8 Å². The molecule has 0 aliphatic carbocycles. The zero-order chi connectivity index (χ0) is 11.9. The van der Waals surface area contributed by atoms with Crippen LogP contribution in [0.25, 0.3) is 0 Å². The minimum atomic E-state index is 0.254. The fraction of sp³-hybridized carbons (Fsp3) is 1.00. The van der Waals surface area contributed by atoms with Crippen molar-refractivity contribution in [3.63, 3.8) is 0 Å². The van der Waals surface area contributed by atoms with Gasteiger partial charge in [-0.1, -0.05) is 0 Å². The van der Waals surface area contributed by atoms with Gasteiger partial charge in [-0.15, -0.1) is 0 Å². The molecule has 3 heterocycles. The quantitative estimate of drug-likeness (QED) is 0.768. The van der Waals surface area contributed by atoms with Gasteiger partial charge in [0, 0.05) is 44.9 Å². The first-order valence-electron chi connectivity index (χ1n) is 7.02. The second kappa shape index (κ2) is 4.50. The van der Waals surface area contributed by atoms with Crippen molar-refractivity contribution in [2.24, 2.45) is 5.73 Å². The molecule has 0 aromatic rings. The third kappa shape index (κ3) is 1.73. The molecule has 4 nitrogen and oxygen atoms in total. The lowest BCUT2D eigenvalue weighted by atomic mass is 9.87. The molecule has 98 valence electrons. The Hall–Kier alpha value is -0.160. The normalized spacial score (nSPS) is 43.4. The van der Waals surface area contributed by atoms with Gasteiger partial charge < -0.3 is 10.5 Å². The molecule has 17 heavy (non-hydrogen) atoms. The Labute approximate surface area is 104 Å². The highest BCUT2D eigenvalue weighted by Gasteiger charge is 2.52. The zero-order valence-electron chi connectivity index (χ0n) is 10.9. The number of methoxy groups -OCH3 is 1. The topological polar surface area (TPSA) is 41.7 Å². The average Bonchev–Trinajstić information content (AvgIpc) is 3.04. The van der Waals surface area contributed by atoms with Gasteiger partial charge in [-0.25, -0.2) is 0 Å². The van der Waals surface area contributed by atoms with Crippen LogP contribution in [0, 0.1) is 0 Å². The highest BCUT2D eigenvalue weighted by Crippen LogP contribution is 2.41. The minimum Gasteiger partial charge on any atom is -0.380 e. The van der Waals surface area contributed by atoms with Crippen LogP contribution in [0.1, 0.15) is 25.7 Å². The second-order valence-corrected chi connectivity index (χ2v) is 5.84. The summed E-state index contributed by atoms with van der Waals surface area (Å²) in [5.74, 6) is 0. The molecular weight excluding hydrogens is 214 g/mol. The molecule has 0 radical (unpaired) electrons. The first kappa shape index (κ1) is 11.9. The van der Waals surface area contributed by atoms with E-state index in [0.29, 0.717) is 12.1 Å². The molecule has 2 N–H and O–H groups in total. The van der Waals surface area contributed by atoms with Gasteiger partial charge in [0.15, 0.2) is 0 Å². The Morgan fingerprint density at radius 2 is 2.18 bits per heavy atom. The number of ether oxygens (including phenoxy) is 1. The van der Waals surface area contributed by atoms with Crippen LogP contribution in [-0.2, 0) is 4.74 Å². The molecule has 3 aliphatic rings. The average molecular weight is 239 g/mol. The monoisotopic (exact) mass is 239 g/mol. The number of hydrogen-bond acceptors (Lipinski definition) is 4. The van der Waals surface area contributed by atoms with E-state index in [1.54, 1.807) is 0 Å². The summed E-state index contributed by atoms with van der Waals surface area (Å²) in [4.78, 5) is 5.30. The molecular formula is C13H25N3O. The molecule has 3 aliphatic heterocycles. The van der Waals surface area contributed by atoms with E-state index in [2.05, 4.69) is 9.80 Å².